The Morgan fingerprint density at radius 2 is 1.91 bits per heavy atom. The Bertz CT molecular complexity index is 603. The number of benzene rings is 1. The Morgan fingerprint density at radius 3 is 2.43 bits per heavy atom. The summed E-state index contributed by atoms with van der Waals surface area (Å²) in [5.41, 5.74) is 0.247. The van der Waals surface area contributed by atoms with Crippen LogP contribution in [-0.2, 0) is 20.8 Å². The van der Waals surface area contributed by atoms with Crippen LogP contribution in [0.4, 0.5) is 4.39 Å². The van der Waals surface area contributed by atoms with Crippen LogP contribution in [0.15, 0.2) is 36.9 Å². The third-order valence-corrected chi connectivity index (χ3v) is 3.09. The smallest absolute Gasteiger partial charge is 0.326 e. The number of aliphatic carboxylic acids is 1. The molecule has 0 unspecified atom stereocenters. The van der Waals surface area contributed by atoms with Gasteiger partial charge in [0, 0.05) is 13.3 Å². The fourth-order valence-corrected chi connectivity index (χ4v) is 2.00. The summed E-state index contributed by atoms with van der Waals surface area (Å²) in [6, 6.07) is 3.63. The van der Waals surface area contributed by atoms with E-state index in [1.807, 2.05) is 0 Å². The summed E-state index contributed by atoms with van der Waals surface area (Å²) in [5.74, 6) is -2.89. The summed E-state index contributed by atoms with van der Waals surface area (Å²) in [6.45, 7) is 4.65. The predicted molar refractivity (Wildman–Crippen MR) is 82.1 cm³/mol. The van der Waals surface area contributed by atoms with Gasteiger partial charge in [0.1, 0.15) is 17.9 Å². The second-order valence-corrected chi connectivity index (χ2v) is 4.97. The van der Waals surface area contributed by atoms with Gasteiger partial charge in [-0.3, -0.25) is 9.59 Å². The molecule has 7 heteroatoms. The molecule has 0 aliphatic rings. The molecule has 23 heavy (non-hydrogen) atoms. The van der Waals surface area contributed by atoms with Crippen LogP contribution in [0.1, 0.15) is 18.9 Å². The van der Waals surface area contributed by atoms with Crippen molar-refractivity contribution in [2.45, 2.75) is 31.8 Å². The molecule has 0 fully saturated rings. The molecule has 0 heterocycles. The first-order valence-corrected chi connectivity index (χ1v) is 6.99. The van der Waals surface area contributed by atoms with Crippen LogP contribution in [0, 0.1) is 5.82 Å². The van der Waals surface area contributed by atoms with E-state index in [0.717, 1.165) is 0 Å². The molecule has 1 rings (SSSR count). The van der Waals surface area contributed by atoms with E-state index in [0.29, 0.717) is 0 Å². The second kappa shape index (κ2) is 8.67. The first-order chi connectivity index (χ1) is 10.8. The van der Waals surface area contributed by atoms with Gasteiger partial charge in [-0.1, -0.05) is 24.3 Å². The number of carbonyl (C=O) groups excluding carboxylic acids is 2. The zero-order valence-corrected chi connectivity index (χ0v) is 12.7. The lowest BCUT2D eigenvalue weighted by Crippen LogP contribution is -2.52. The zero-order valence-electron chi connectivity index (χ0n) is 12.7. The molecule has 0 aromatic heterocycles. The molecule has 6 nitrogen and oxygen atoms in total. The molecular formula is C16H19FN2O4. The minimum atomic E-state index is -1.22. The van der Waals surface area contributed by atoms with Crippen LogP contribution in [-0.4, -0.2) is 35.0 Å². The monoisotopic (exact) mass is 322 g/mol. The molecule has 0 radical (unpaired) electrons. The van der Waals surface area contributed by atoms with Crippen molar-refractivity contribution < 1.29 is 23.9 Å². The Balaban J connectivity index is 2.90. The SMILES string of the molecule is C=CC[C@H](NC(=O)[C@@H](Cc1ccccc1F)NC(C)=O)C(=O)O. The highest BCUT2D eigenvalue weighted by Gasteiger charge is 2.26. The molecule has 2 atom stereocenters. The summed E-state index contributed by atoms with van der Waals surface area (Å²) >= 11 is 0. The Morgan fingerprint density at radius 1 is 1.26 bits per heavy atom. The molecule has 0 aliphatic heterocycles. The van der Waals surface area contributed by atoms with Crippen LogP contribution in [0.25, 0.3) is 0 Å². The maximum Gasteiger partial charge on any atom is 0.326 e. The van der Waals surface area contributed by atoms with Gasteiger partial charge in [0.15, 0.2) is 0 Å². The second-order valence-electron chi connectivity index (χ2n) is 4.97. The van der Waals surface area contributed by atoms with Crippen molar-refractivity contribution in [2.75, 3.05) is 0 Å². The van der Waals surface area contributed by atoms with Crippen molar-refractivity contribution in [3.8, 4) is 0 Å². The molecule has 1 aromatic rings. The highest BCUT2D eigenvalue weighted by atomic mass is 19.1. The van der Waals surface area contributed by atoms with E-state index in [2.05, 4.69) is 17.2 Å². The number of carbonyl (C=O) groups is 3. The quantitative estimate of drug-likeness (QED) is 0.623. The minimum Gasteiger partial charge on any atom is -0.480 e. The molecule has 0 aliphatic carbocycles. The summed E-state index contributed by atoms with van der Waals surface area (Å²) in [5, 5.41) is 13.8. The van der Waals surface area contributed by atoms with Crippen molar-refractivity contribution >= 4 is 17.8 Å². The molecule has 0 bridgehead atoms. The van der Waals surface area contributed by atoms with Gasteiger partial charge in [0.05, 0.1) is 0 Å². The van der Waals surface area contributed by atoms with Gasteiger partial charge < -0.3 is 15.7 Å². The number of nitrogens with one attached hydrogen (secondary N) is 2. The minimum absolute atomic E-state index is 0.0353. The fourth-order valence-electron chi connectivity index (χ4n) is 2.00. The molecule has 1 aromatic carbocycles. The molecule has 2 amide bonds. The lowest BCUT2D eigenvalue weighted by atomic mass is 10.0. The Hall–Kier alpha value is -2.70. The van der Waals surface area contributed by atoms with Crippen LogP contribution in [0.3, 0.4) is 0 Å². The van der Waals surface area contributed by atoms with Crippen molar-refractivity contribution in [3.63, 3.8) is 0 Å². The molecule has 3 N–H and O–H groups in total. The van der Waals surface area contributed by atoms with Gasteiger partial charge in [-0.05, 0) is 18.1 Å². The average molecular weight is 322 g/mol. The van der Waals surface area contributed by atoms with Crippen LogP contribution in [0.5, 0.6) is 0 Å². The molecule has 0 saturated carbocycles. The van der Waals surface area contributed by atoms with Crippen molar-refractivity contribution in [2.24, 2.45) is 0 Å². The lowest BCUT2D eigenvalue weighted by Gasteiger charge is -2.20. The average Bonchev–Trinajstić information content (AvgIpc) is 2.47. The number of carboxylic acid groups (broad SMARTS) is 1. The standard InChI is InChI=1S/C16H19FN2O4/c1-3-6-13(16(22)23)19-15(21)14(18-10(2)20)9-11-7-4-5-8-12(11)17/h3-5,7-8,13-14H,1,6,9H2,2H3,(H,18,20)(H,19,21)(H,22,23)/t13-,14+/m0/s1. The van der Waals surface area contributed by atoms with Gasteiger partial charge in [0.25, 0.3) is 0 Å². The molecule has 0 saturated heterocycles. The largest absolute Gasteiger partial charge is 0.480 e. The number of carboxylic acids is 1. The van der Waals surface area contributed by atoms with Gasteiger partial charge >= 0.3 is 5.97 Å². The highest BCUT2D eigenvalue weighted by molar-refractivity contribution is 5.90. The van der Waals surface area contributed by atoms with E-state index in [1.165, 1.54) is 31.2 Å². The lowest BCUT2D eigenvalue weighted by molar-refractivity contribution is -0.142. The summed E-state index contributed by atoms with van der Waals surface area (Å²) in [6.07, 6.45) is 1.31. The van der Waals surface area contributed by atoms with Gasteiger partial charge in [0.2, 0.25) is 11.8 Å². The first-order valence-electron chi connectivity index (χ1n) is 6.99. The third-order valence-electron chi connectivity index (χ3n) is 3.09. The molecule has 124 valence electrons. The van der Waals surface area contributed by atoms with E-state index in [4.69, 9.17) is 5.11 Å². The summed E-state index contributed by atoms with van der Waals surface area (Å²) < 4.78 is 13.7. The third kappa shape index (κ3) is 5.90. The van der Waals surface area contributed by atoms with E-state index in [1.54, 1.807) is 6.07 Å². The predicted octanol–water partition coefficient (Wildman–Crippen LogP) is 1.02. The number of hydrogen-bond acceptors (Lipinski definition) is 3. The first kappa shape index (κ1) is 18.3. The van der Waals surface area contributed by atoms with E-state index in [-0.39, 0.29) is 18.4 Å². The Labute approximate surface area is 133 Å². The molecular weight excluding hydrogens is 303 g/mol. The van der Waals surface area contributed by atoms with Crippen LogP contribution < -0.4 is 10.6 Å². The van der Waals surface area contributed by atoms with Crippen LogP contribution in [0.2, 0.25) is 0 Å². The van der Waals surface area contributed by atoms with E-state index >= 15 is 0 Å². The maximum absolute atomic E-state index is 13.7. The van der Waals surface area contributed by atoms with Crippen molar-refractivity contribution in [1.82, 2.24) is 10.6 Å². The number of hydrogen-bond donors (Lipinski definition) is 3. The zero-order chi connectivity index (χ0) is 17.4. The fraction of sp³-hybridized carbons (Fsp3) is 0.312. The Kier molecular flexibility index (Phi) is 6.92. The number of rotatable bonds is 8. The van der Waals surface area contributed by atoms with Gasteiger partial charge in [-0.2, -0.15) is 0 Å². The molecule has 0 spiro atoms. The normalized spacial score (nSPS) is 12.8. The highest BCUT2D eigenvalue weighted by Crippen LogP contribution is 2.10. The van der Waals surface area contributed by atoms with Crippen LogP contribution >= 0.6 is 0 Å². The van der Waals surface area contributed by atoms with Crippen molar-refractivity contribution in [1.29, 1.82) is 0 Å². The maximum atomic E-state index is 13.7. The number of halogens is 1. The van der Waals surface area contributed by atoms with Crippen molar-refractivity contribution in [3.05, 3.63) is 48.3 Å². The number of amides is 2. The summed E-state index contributed by atoms with van der Waals surface area (Å²) in [7, 11) is 0. The van der Waals surface area contributed by atoms with Gasteiger partial charge in [-0.15, -0.1) is 6.58 Å². The van der Waals surface area contributed by atoms with E-state index < -0.39 is 35.7 Å². The topological polar surface area (TPSA) is 95.5 Å². The van der Waals surface area contributed by atoms with E-state index in [9.17, 15) is 18.8 Å². The van der Waals surface area contributed by atoms with Gasteiger partial charge in [-0.25, -0.2) is 9.18 Å². The summed E-state index contributed by atoms with van der Waals surface area (Å²) in [4.78, 5) is 34.6.